The summed E-state index contributed by atoms with van der Waals surface area (Å²) in [6.45, 7) is 0.374. The lowest BCUT2D eigenvalue weighted by molar-refractivity contribution is 0.208. The molecular formula is C18H21N5O2S2. The van der Waals surface area contributed by atoms with Crippen molar-refractivity contribution in [3.05, 3.63) is 23.5 Å². The van der Waals surface area contributed by atoms with Gasteiger partial charge in [-0.2, -0.15) is 10.7 Å². The van der Waals surface area contributed by atoms with E-state index < -0.39 is 11.1 Å². The van der Waals surface area contributed by atoms with E-state index in [0.717, 1.165) is 52.8 Å². The minimum Gasteiger partial charge on any atom is -0.322 e. The van der Waals surface area contributed by atoms with Gasteiger partial charge in [0.15, 0.2) is 11.1 Å². The van der Waals surface area contributed by atoms with Gasteiger partial charge >= 0.3 is 0 Å². The van der Waals surface area contributed by atoms with Gasteiger partial charge in [-0.25, -0.2) is 13.5 Å². The van der Waals surface area contributed by atoms with E-state index in [9.17, 15) is 4.21 Å². The fourth-order valence-corrected chi connectivity index (χ4v) is 5.07. The number of imidazole rings is 1. The maximum Gasteiger partial charge on any atom is 0.169 e. The zero-order valence-corrected chi connectivity index (χ0v) is 16.7. The molecule has 0 aromatic carbocycles. The first-order valence-corrected chi connectivity index (χ1v) is 11.4. The average Bonchev–Trinajstić information content (AvgIpc) is 3.26. The number of nitriles is 1. The standard InChI is InChI=1S/C18H21N5O2S2/c1-27(24)25-21-11-16-22-15-10-20-14-7-9-26-18(14)17(15)23(16)13-4-2-12(3-5-13)6-8-19/h7,9-10,12-13,21H,2-6,11H2,1H3. The molecule has 0 amide bonds. The fourth-order valence-electron chi connectivity index (χ4n) is 3.96. The van der Waals surface area contributed by atoms with Crippen molar-refractivity contribution < 1.29 is 8.49 Å². The first-order chi connectivity index (χ1) is 13.2. The highest BCUT2D eigenvalue weighted by atomic mass is 32.2. The summed E-state index contributed by atoms with van der Waals surface area (Å²) in [4.78, 5) is 9.30. The molecule has 0 aliphatic heterocycles. The SMILES string of the molecule is CS(=O)ONCc1nc2cnc3ccsc3c2n1C1CCC(CC#N)CC1. The van der Waals surface area contributed by atoms with Crippen LogP contribution in [0, 0.1) is 17.2 Å². The Bertz CT molecular complexity index is 1010. The molecule has 142 valence electrons. The number of hydrogen-bond acceptors (Lipinski definition) is 7. The lowest BCUT2D eigenvalue weighted by Gasteiger charge is -2.29. The van der Waals surface area contributed by atoms with Crippen LogP contribution >= 0.6 is 11.3 Å². The van der Waals surface area contributed by atoms with Crippen LogP contribution in [-0.2, 0) is 21.9 Å². The first kappa shape index (κ1) is 18.5. The van der Waals surface area contributed by atoms with Crippen molar-refractivity contribution in [3.8, 4) is 6.07 Å². The number of hydrogen-bond donors (Lipinski definition) is 1. The van der Waals surface area contributed by atoms with Crippen molar-refractivity contribution in [3.63, 3.8) is 0 Å². The molecule has 1 N–H and O–H groups in total. The lowest BCUT2D eigenvalue weighted by Crippen LogP contribution is -2.23. The molecule has 1 atom stereocenters. The second kappa shape index (κ2) is 8.02. The predicted octanol–water partition coefficient (Wildman–Crippen LogP) is 3.61. The van der Waals surface area contributed by atoms with Crippen molar-refractivity contribution in [1.82, 2.24) is 20.0 Å². The van der Waals surface area contributed by atoms with Gasteiger partial charge in [-0.1, -0.05) is 0 Å². The molecule has 1 saturated carbocycles. The van der Waals surface area contributed by atoms with E-state index in [0.29, 0.717) is 24.9 Å². The molecule has 3 aromatic rings. The van der Waals surface area contributed by atoms with Crippen LogP contribution in [0.15, 0.2) is 17.6 Å². The van der Waals surface area contributed by atoms with E-state index in [2.05, 4.69) is 26.5 Å². The minimum absolute atomic E-state index is 0.335. The smallest absolute Gasteiger partial charge is 0.169 e. The molecule has 27 heavy (non-hydrogen) atoms. The lowest BCUT2D eigenvalue weighted by atomic mass is 9.84. The normalized spacial score (nSPS) is 21.5. The fraction of sp³-hybridized carbons (Fsp3) is 0.500. The minimum atomic E-state index is -1.38. The van der Waals surface area contributed by atoms with E-state index >= 15 is 0 Å². The highest BCUT2D eigenvalue weighted by molar-refractivity contribution is 7.79. The van der Waals surface area contributed by atoms with E-state index in [4.69, 9.17) is 14.5 Å². The Hall–Kier alpha value is -1.86. The van der Waals surface area contributed by atoms with Gasteiger partial charge in [-0.15, -0.1) is 11.3 Å². The summed E-state index contributed by atoms with van der Waals surface area (Å²) in [5.41, 5.74) is 5.74. The Morgan fingerprint density at radius 1 is 1.41 bits per heavy atom. The summed E-state index contributed by atoms with van der Waals surface area (Å²) in [6, 6.07) is 4.67. The number of nitrogens with one attached hydrogen (secondary N) is 1. The van der Waals surface area contributed by atoms with Crippen LogP contribution in [-0.4, -0.2) is 25.0 Å². The number of pyridine rings is 1. The molecule has 1 aliphatic rings. The third-order valence-electron chi connectivity index (χ3n) is 5.16. The van der Waals surface area contributed by atoms with Crippen molar-refractivity contribution in [2.24, 2.45) is 5.92 Å². The molecule has 0 saturated heterocycles. The highest BCUT2D eigenvalue weighted by Crippen LogP contribution is 2.38. The number of fused-ring (bicyclic) bond motifs is 3. The van der Waals surface area contributed by atoms with Crippen molar-refractivity contribution in [2.45, 2.75) is 44.7 Å². The van der Waals surface area contributed by atoms with E-state index in [1.54, 1.807) is 11.3 Å². The van der Waals surface area contributed by atoms with Gasteiger partial charge in [0.2, 0.25) is 0 Å². The zero-order chi connectivity index (χ0) is 18.8. The molecule has 3 aromatic heterocycles. The zero-order valence-electron chi connectivity index (χ0n) is 15.1. The number of hydroxylamine groups is 1. The molecule has 1 fully saturated rings. The summed E-state index contributed by atoms with van der Waals surface area (Å²) in [6.07, 6.45) is 8.11. The van der Waals surface area contributed by atoms with Crippen molar-refractivity contribution >= 4 is 43.7 Å². The van der Waals surface area contributed by atoms with Gasteiger partial charge in [0, 0.05) is 18.7 Å². The number of aromatic nitrogens is 3. The molecule has 4 rings (SSSR count). The topological polar surface area (TPSA) is 92.8 Å². The van der Waals surface area contributed by atoms with Gasteiger partial charge in [0.05, 0.1) is 34.5 Å². The van der Waals surface area contributed by atoms with Crippen LogP contribution in [0.3, 0.4) is 0 Å². The van der Waals surface area contributed by atoms with Crippen LogP contribution < -0.4 is 5.48 Å². The second-order valence-electron chi connectivity index (χ2n) is 6.87. The summed E-state index contributed by atoms with van der Waals surface area (Å²) in [5.74, 6) is 1.36. The predicted molar refractivity (Wildman–Crippen MR) is 106 cm³/mol. The van der Waals surface area contributed by atoms with Gasteiger partial charge in [0.1, 0.15) is 11.3 Å². The summed E-state index contributed by atoms with van der Waals surface area (Å²) >= 11 is 0.299. The molecule has 1 unspecified atom stereocenters. The van der Waals surface area contributed by atoms with Crippen LogP contribution in [0.2, 0.25) is 0 Å². The largest absolute Gasteiger partial charge is 0.322 e. The summed E-state index contributed by atoms with van der Waals surface area (Å²) in [7, 11) is 0. The Morgan fingerprint density at radius 2 is 2.22 bits per heavy atom. The Labute approximate surface area is 164 Å². The molecule has 7 nitrogen and oxygen atoms in total. The monoisotopic (exact) mass is 403 g/mol. The van der Waals surface area contributed by atoms with E-state index in [1.165, 1.54) is 6.26 Å². The van der Waals surface area contributed by atoms with Crippen LogP contribution in [0.25, 0.3) is 21.3 Å². The van der Waals surface area contributed by atoms with Gasteiger partial charge in [-0.05, 0) is 43.0 Å². The number of nitrogens with zero attached hydrogens (tertiary/aromatic N) is 4. The van der Waals surface area contributed by atoms with Crippen LogP contribution in [0.1, 0.15) is 44.0 Å². The second-order valence-corrected chi connectivity index (χ2v) is 8.75. The molecule has 0 spiro atoms. The Balaban J connectivity index is 1.72. The van der Waals surface area contributed by atoms with Crippen molar-refractivity contribution in [1.29, 1.82) is 5.26 Å². The highest BCUT2D eigenvalue weighted by Gasteiger charge is 2.27. The Kier molecular flexibility index (Phi) is 5.50. The maximum absolute atomic E-state index is 11.2. The van der Waals surface area contributed by atoms with Gasteiger partial charge in [-0.3, -0.25) is 4.98 Å². The molecule has 3 heterocycles. The van der Waals surface area contributed by atoms with E-state index in [-0.39, 0.29) is 0 Å². The molecule has 1 aliphatic carbocycles. The summed E-state index contributed by atoms with van der Waals surface area (Å²) in [5, 5.41) is 11.0. The average molecular weight is 404 g/mol. The third kappa shape index (κ3) is 3.75. The third-order valence-corrected chi connectivity index (χ3v) is 6.43. The van der Waals surface area contributed by atoms with Gasteiger partial charge in [0.25, 0.3) is 0 Å². The number of rotatable bonds is 6. The molecule has 0 radical (unpaired) electrons. The van der Waals surface area contributed by atoms with Crippen LogP contribution in [0.4, 0.5) is 0 Å². The van der Waals surface area contributed by atoms with Gasteiger partial charge < -0.3 is 4.57 Å². The van der Waals surface area contributed by atoms with Crippen LogP contribution in [0.5, 0.6) is 0 Å². The molecular weight excluding hydrogens is 382 g/mol. The summed E-state index contributed by atoms with van der Waals surface area (Å²) < 4.78 is 19.7. The first-order valence-electron chi connectivity index (χ1n) is 9.01. The quantitative estimate of drug-likeness (QED) is 0.632. The molecule has 0 bridgehead atoms. The number of thiophene rings is 1. The maximum atomic E-state index is 11.2. The molecule has 9 heteroatoms. The van der Waals surface area contributed by atoms with E-state index in [1.807, 2.05) is 12.3 Å². The van der Waals surface area contributed by atoms with Crippen molar-refractivity contribution in [2.75, 3.05) is 6.26 Å². The Morgan fingerprint density at radius 3 is 2.96 bits per heavy atom.